The summed E-state index contributed by atoms with van der Waals surface area (Å²) < 4.78 is 0. The number of carboxylic acids is 1. The Morgan fingerprint density at radius 3 is 2.61 bits per heavy atom. The van der Waals surface area contributed by atoms with Crippen LogP contribution in [0.25, 0.3) is 0 Å². The molecule has 2 aromatic rings. The van der Waals surface area contributed by atoms with Gasteiger partial charge in [-0.3, -0.25) is 0 Å². The minimum atomic E-state index is -0.900. The van der Waals surface area contributed by atoms with E-state index in [4.69, 9.17) is 0 Å². The van der Waals surface area contributed by atoms with Crippen LogP contribution in [0.2, 0.25) is 0 Å². The molecule has 0 unspecified atom stereocenters. The topological polar surface area (TPSA) is 65.5 Å². The van der Waals surface area contributed by atoms with Crippen LogP contribution in [0.3, 0.4) is 0 Å². The number of hydrogen-bond acceptors (Lipinski definition) is 5. The molecular weight excluding hydrogens is 310 g/mol. The molecule has 2 heterocycles. The highest BCUT2D eigenvalue weighted by Crippen LogP contribution is 2.28. The molecule has 0 bridgehead atoms. The van der Waals surface area contributed by atoms with Gasteiger partial charge in [0.15, 0.2) is 5.13 Å². The molecule has 0 saturated carbocycles. The van der Waals surface area contributed by atoms with E-state index in [0.29, 0.717) is 22.1 Å². The summed E-state index contributed by atoms with van der Waals surface area (Å²) in [7, 11) is 0. The minimum absolute atomic E-state index is 0.336. The van der Waals surface area contributed by atoms with Crippen LogP contribution in [0.15, 0.2) is 24.3 Å². The molecule has 5 nitrogen and oxygen atoms in total. The Labute approximate surface area is 140 Å². The first-order valence-corrected chi connectivity index (χ1v) is 8.84. The smallest absolute Gasteiger partial charge is 0.347 e. The highest BCUT2D eigenvalue weighted by molar-refractivity contribution is 7.17. The van der Waals surface area contributed by atoms with Crippen LogP contribution in [0.5, 0.6) is 0 Å². The average molecular weight is 331 g/mol. The lowest BCUT2D eigenvalue weighted by molar-refractivity contribution is 0.0700. The van der Waals surface area contributed by atoms with Crippen LogP contribution in [0, 0.1) is 0 Å². The van der Waals surface area contributed by atoms with Gasteiger partial charge in [-0.15, -0.1) is 0 Å². The lowest BCUT2D eigenvalue weighted by Gasteiger charge is -2.17. The normalized spacial score (nSPS) is 14.2. The van der Waals surface area contributed by atoms with Crippen molar-refractivity contribution < 1.29 is 9.90 Å². The standard InChI is InChI=1S/C17H21N3O2S/c1-2-5-14-15(16(21)22)23-17(19-14)18-12-6-8-13(9-7-12)20-10-3-4-11-20/h6-9H,2-5,10-11H2,1H3,(H,18,19)(H,21,22). The van der Waals surface area contributed by atoms with Crippen LogP contribution in [0.4, 0.5) is 16.5 Å². The number of nitrogens with one attached hydrogen (secondary N) is 1. The number of thiazole rings is 1. The summed E-state index contributed by atoms with van der Waals surface area (Å²) in [5.74, 6) is -0.900. The van der Waals surface area contributed by atoms with Crippen molar-refractivity contribution in [2.75, 3.05) is 23.3 Å². The van der Waals surface area contributed by atoms with E-state index in [1.807, 2.05) is 19.1 Å². The quantitative estimate of drug-likeness (QED) is 0.833. The maximum Gasteiger partial charge on any atom is 0.347 e. The second-order valence-electron chi connectivity index (χ2n) is 5.72. The molecule has 0 aliphatic carbocycles. The number of aromatic carboxylic acids is 1. The molecule has 3 rings (SSSR count). The van der Waals surface area contributed by atoms with Crippen molar-refractivity contribution >= 4 is 33.8 Å². The zero-order valence-electron chi connectivity index (χ0n) is 13.2. The Hall–Kier alpha value is -2.08. The number of carbonyl (C=O) groups is 1. The third kappa shape index (κ3) is 3.64. The molecule has 1 aliphatic rings. The number of anilines is 3. The highest BCUT2D eigenvalue weighted by atomic mass is 32.1. The molecule has 1 saturated heterocycles. The summed E-state index contributed by atoms with van der Waals surface area (Å²) in [6, 6.07) is 8.25. The van der Waals surface area contributed by atoms with E-state index < -0.39 is 5.97 Å². The molecule has 1 aromatic carbocycles. The van der Waals surface area contributed by atoms with E-state index in [2.05, 4.69) is 27.3 Å². The molecule has 0 amide bonds. The van der Waals surface area contributed by atoms with E-state index in [1.54, 1.807) is 0 Å². The Morgan fingerprint density at radius 1 is 1.30 bits per heavy atom. The van der Waals surface area contributed by atoms with Crippen molar-refractivity contribution in [2.45, 2.75) is 32.6 Å². The van der Waals surface area contributed by atoms with E-state index in [-0.39, 0.29) is 0 Å². The average Bonchev–Trinajstić information content (AvgIpc) is 3.18. The molecule has 0 radical (unpaired) electrons. The molecule has 1 aliphatic heterocycles. The molecule has 1 aromatic heterocycles. The molecule has 1 fully saturated rings. The van der Waals surface area contributed by atoms with Crippen molar-refractivity contribution in [3.05, 3.63) is 34.8 Å². The van der Waals surface area contributed by atoms with Crippen molar-refractivity contribution in [3.63, 3.8) is 0 Å². The molecule has 0 atom stereocenters. The van der Waals surface area contributed by atoms with Gasteiger partial charge in [-0.25, -0.2) is 9.78 Å². The van der Waals surface area contributed by atoms with Crippen LogP contribution in [-0.4, -0.2) is 29.1 Å². The van der Waals surface area contributed by atoms with Gasteiger partial charge >= 0.3 is 5.97 Å². The summed E-state index contributed by atoms with van der Waals surface area (Å²) in [6.45, 7) is 4.28. The number of hydrogen-bond donors (Lipinski definition) is 2. The van der Waals surface area contributed by atoms with E-state index in [0.717, 1.165) is 25.2 Å². The lowest BCUT2D eigenvalue weighted by Crippen LogP contribution is -2.17. The van der Waals surface area contributed by atoms with Gasteiger partial charge in [0.1, 0.15) is 4.88 Å². The monoisotopic (exact) mass is 331 g/mol. The van der Waals surface area contributed by atoms with Crippen LogP contribution in [-0.2, 0) is 6.42 Å². The van der Waals surface area contributed by atoms with Crippen LogP contribution in [0.1, 0.15) is 41.6 Å². The van der Waals surface area contributed by atoms with Gasteiger partial charge in [0, 0.05) is 24.5 Å². The largest absolute Gasteiger partial charge is 0.477 e. The van der Waals surface area contributed by atoms with E-state index in [1.165, 1.54) is 29.9 Å². The SMILES string of the molecule is CCCc1nc(Nc2ccc(N3CCCC3)cc2)sc1C(=O)O. The van der Waals surface area contributed by atoms with E-state index in [9.17, 15) is 9.90 Å². The van der Waals surface area contributed by atoms with Gasteiger partial charge in [-0.2, -0.15) is 0 Å². The fourth-order valence-electron chi connectivity index (χ4n) is 2.83. The predicted molar refractivity (Wildman–Crippen MR) is 94.2 cm³/mol. The maximum atomic E-state index is 11.3. The van der Waals surface area contributed by atoms with Gasteiger partial charge in [-0.1, -0.05) is 24.7 Å². The van der Waals surface area contributed by atoms with Gasteiger partial charge in [0.05, 0.1) is 5.69 Å². The fraction of sp³-hybridized carbons (Fsp3) is 0.412. The molecular formula is C17H21N3O2S. The Balaban J connectivity index is 1.73. The van der Waals surface area contributed by atoms with Crippen molar-refractivity contribution in [3.8, 4) is 0 Å². The third-order valence-electron chi connectivity index (χ3n) is 3.97. The second kappa shape index (κ2) is 7.00. The molecule has 0 spiro atoms. The molecule has 6 heteroatoms. The molecule has 23 heavy (non-hydrogen) atoms. The molecule has 2 N–H and O–H groups in total. The van der Waals surface area contributed by atoms with Gasteiger partial charge in [0.2, 0.25) is 0 Å². The first-order valence-electron chi connectivity index (χ1n) is 8.02. The van der Waals surface area contributed by atoms with Gasteiger partial charge < -0.3 is 15.3 Å². The fourth-order valence-corrected chi connectivity index (χ4v) is 3.70. The maximum absolute atomic E-state index is 11.3. The number of aryl methyl sites for hydroxylation is 1. The highest BCUT2D eigenvalue weighted by Gasteiger charge is 2.17. The minimum Gasteiger partial charge on any atom is -0.477 e. The Morgan fingerprint density at radius 2 is 2.00 bits per heavy atom. The van der Waals surface area contributed by atoms with Crippen molar-refractivity contribution in [1.82, 2.24) is 4.98 Å². The van der Waals surface area contributed by atoms with Crippen LogP contribution >= 0.6 is 11.3 Å². The number of carboxylic acid groups (broad SMARTS) is 1. The van der Waals surface area contributed by atoms with Crippen molar-refractivity contribution in [1.29, 1.82) is 0 Å². The number of benzene rings is 1. The van der Waals surface area contributed by atoms with Gasteiger partial charge in [0.25, 0.3) is 0 Å². The third-order valence-corrected chi connectivity index (χ3v) is 4.97. The summed E-state index contributed by atoms with van der Waals surface area (Å²) in [5, 5.41) is 13.1. The zero-order valence-corrected chi connectivity index (χ0v) is 14.0. The Bertz CT molecular complexity index is 676. The van der Waals surface area contributed by atoms with Gasteiger partial charge in [-0.05, 0) is 43.5 Å². The Kier molecular flexibility index (Phi) is 4.81. The van der Waals surface area contributed by atoms with E-state index >= 15 is 0 Å². The lowest BCUT2D eigenvalue weighted by atomic mass is 10.2. The summed E-state index contributed by atoms with van der Waals surface area (Å²) in [5.41, 5.74) is 2.84. The summed E-state index contributed by atoms with van der Waals surface area (Å²) in [4.78, 5) is 18.4. The number of nitrogens with zero attached hydrogens (tertiary/aromatic N) is 2. The number of aromatic nitrogens is 1. The second-order valence-corrected chi connectivity index (χ2v) is 6.72. The first-order chi connectivity index (χ1) is 11.2. The summed E-state index contributed by atoms with van der Waals surface area (Å²) in [6.07, 6.45) is 4.09. The van der Waals surface area contributed by atoms with Crippen LogP contribution < -0.4 is 10.2 Å². The predicted octanol–water partition coefficient (Wildman–Crippen LogP) is 4.14. The molecule has 122 valence electrons. The summed E-state index contributed by atoms with van der Waals surface area (Å²) >= 11 is 1.20. The number of rotatable bonds is 6. The van der Waals surface area contributed by atoms with Crippen molar-refractivity contribution in [2.24, 2.45) is 0 Å². The zero-order chi connectivity index (χ0) is 16.2. The first kappa shape index (κ1) is 15.8.